The molecule has 1 saturated carbocycles. The van der Waals surface area contributed by atoms with Gasteiger partial charge in [0.1, 0.15) is 18.1 Å². The molecule has 2 N–H and O–H groups in total. The predicted octanol–water partition coefficient (Wildman–Crippen LogP) is 5.16. The van der Waals surface area contributed by atoms with Crippen molar-refractivity contribution in [3.8, 4) is 28.4 Å². The van der Waals surface area contributed by atoms with Crippen LogP contribution in [0.15, 0.2) is 67.0 Å². The number of anilines is 2. The van der Waals surface area contributed by atoms with Crippen LogP contribution in [0.25, 0.3) is 33.8 Å². The molecule has 2 aliphatic rings. The molecule has 5 aromatic rings. The zero-order valence-corrected chi connectivity index (χ0v) is 23.0. The summed E-state index contributed by atoms with van der Waals surface area (Å²) in [7, 11) is 3.94. The molecule has 0 unspecified atom stereocenters. The average Bonchev–Trinajstić information content (AvgIpc) is 3.78. The number of carbonyl (C=O) groups excluding carboxylic acids is 1. The van der Waals surface area contributed by atoms with Crippen LogP contribution in [0.5, 0.6) is 5.75 Å². The van der Waals surface area contributed by atoms with Crippen molar-refractivity contribution in [2.45, 2.75) is 25.4 Å². The number of nitrogens with one attached hydrogen (secondary N) is 1. The van der Waals surface area contributed by atoms with Crippen molar-refractivity contribution in [1.82, 2.24) is 19.9 Å². The minimum Gasteiger partial charge on any atom is -0.491 e. The van der Waals surface area contributed by atoms with Crippen molar-refractivity contribution in [3.05, 3.63) is 83.7 Å². The Hall–Kier alpha value is -4.76. The maximum absolute atomic E-state index is 13.8. The number of hydrogen-bond donors (Lipinski definition) is 2. The van der Waals surface area contributed by atoms with Crippen molar-refractivity contribution in [3.63, 3.8) is 0 Å². The van der Waals surface area contributed by atoms with Crippen molar-refractivity contribution >= 4 is 28.4 Å². The number of ether oxygens (including phenoxy) is 1. The van der Waals surface area contributed by atoms with E-state index in [9.17, 15) is 9.90 Å². The van der Waals surface area contributed by atoms with Gasteiger partial charge in [0.25, 0.3) is 5.91 Å². The van der Waals surface area contributed by atoms with Crippen LogP contribution in [0, 0.1) is 0 Å². The number of fused-ring (bicyclic) bond motifs is 2. The van der Waals surface area contributed by atoms with Crippen molar-refractivity contribution in [2.75, 3.05) is 37.0 Å². The van der Waals surface area contributed by atoms with Crippen LogP contribution in [-0.2, 0) is 6.61 Å². The van der Waals surface area contributed by atoms with Gasteiger partial charge in [-0.25, -0.2) is 9.97 Å². The maximum atomic E-state index is 13.8. The van der Waals surface area contributed by atoms with E-state index in [1.165, 1.54) is 18.4 Å². The zero-order valence-electron chi connectivity index (χ0n) is 23.0. The van der Waals surface area contributed by atoms with Gasteiger partial charge in [0, 0.05) is 31.4 Å². The highest BCUT2D eigenvalue weighted by molar-refractivity contribution is 6.09. The summed E-state index contributed by atoms with van der Waals surface area (Å²) in [4.78, 5) is 34.7. The summed E-state index contributed by atoms with van der Waals surface area (Å²) in [5.41, 5.74) is 7.68. The average molecular weight is 547 g/mol. The SMILES string of the molecule is CN(C)c1ccc(-c2nc3nccc(-c4cccc(N5CCOc6cc(C7CC7)ccc6C5=O)c4CO)c3[nH]2)nc1. The summed E-state index contributed by atoms with van der Waals surface area (Å²) < 4.78 is 6.05. The molecule has 4 heterocycles. The number of nitrogens with zero attached hydrogens (tertiary/aromatic N) is 5. The number of rotatable bonds is 6. The van der Waals surface area contributed by atoms with E-state index in [1.54, 1.807) is 17.3 Å². The first-order valence-electron chi connectivity index (χ1n) is 13.8. The molecule has 0 bridgehead atoms. The van der Waals surface area contributed by atoms with Crippen LogP contribution in [0.2, 0.25) is 0 Å². The van der Waals surface area contributed by atoms with Crippen LogP contribution >= 0.6 is 0 Å². The first kappa shape index (κ1) is 25.2. The third-order valence-corrected chi connectivity index (χ3v) is 7.89. The Balaban J connectivity index is 1.28. The normalized spacial score (nSPS) is 15.0. The molecule has 9 nitrogen and oxygen atoms in total. The van der Waals surface area contributed by atoms with E-state index in [2.05, 4.69) is 15.0 Å². The second-order valence-corrected chi connectivity index (χ2v) is 10.7. The summed E-state index contributed by atoms with van der Waals surface area (Å²) >= 11 is 0. The van der Waals surface area contributed by atoms with E-state index in [0.717, 1.165) is 22.3 Å². The van der Waals surface area contributed by atoms with E-state index in [-0.39, 0.29) is 12.5 Å². The summed E-state index contributed by atoms with van der Waals surface area (Å²) in [6.07, 6.45) is 5.88. The lowest BCUT2D eigenvalue weighted by atomic mass is 9.97. The second-order valence-electron chi connectivity index (χ2n) is 10.7. The number of benzene rings is 2. The Kier molecular flexibility index (Phi) is 6.16. The molecule has 3 aromatic heterocycles. The number of imidazole rings is 1. The van der Waals surface area contributed by atoms with Crippen molar-refractivity contribution in [2.24, 2.45) is 0 Å². The molecule has 0 radical (unpaired) electrons. The van der Waals surface area contributed by atoms with Gasteiger partial charge >= 0.3 is 0 Å². The molecule has 0 atom stereocenters. The van der Waals surface area contributed by atoms with Crippen LogP contribution < -0.4 is 14.5 Å². The Morgan fingerprint density at radius 3 is 2.68 bits per heavy atom. The highest BCUT2D eigenvalue weighted by Gasteiger charge is 2.30. The molecular formula is C32H30N6O3. The predicted molar refractivity (Wildman–Crippen MR) is 158 cm³/mol. The summed E-state index contributed by atoms with van der Waals surface area (Å²) in [6.45, 7) is 0.490. The minimum absolute atomic E-state index is 0.136. The lowest BCUT2D eigenvalue weighted by Gasteiger charge is -2.24. The molecule has 1 aliphatic heterocycles. The van der Waals surface area contributed by atoms with Crippen LogP contribution in [0.3, 0.4) is 0 Å². The monoisotopic (exact) mass is 546 g/mol. The zero-order chi connectivity index (χ0) is 28.1. The number of pyridine rings is 2. The smallest absolute Gasteiger partial charge is 0.262 e. The van der Waals surface area contributed by atoms with Gasteiger partial charge in [0.15, 0.2) is 11.5 Å². The standard InChI is InChI=1S/C32H30N6O3/c1-37(2)21-9-11-26(34-17-21)30-35-29-23(12-13-33-31(29)36-30)22-4-3-5-27(25(22)18-39)38-14-15-41-28-16-20(19-6-7-19)8-10-24(28)32(38)40/h3-5,8-13,16-17,19,39H,6-7,14-15,18H2,1-2H3,(H,33,35,36). The fourth-order valence-corrected chi connectivity index (χ4v) is 5.52. The van der Waals surface area contributed by atoms with Crippen molar-refractivity contribution in [1.29, 1.82) is 0 Å². The second kappa shape index (κ2) is 10.0. The van der Waals surface area contributed by atoms with E-state index in [0.29, 0.717) is 58.8 Å². The maximum Gasteiger partial charge on any atom is 0.262 e. The summed E-state index contributed by atoms with van der Waals surface area (Å²) in [5.74, 6) is 1.68. The van der Waals surface area contributed by atoms with Gasteiger partial charge in [0.05, 0.1) is 41.8 Å². The van der Waals surface area contributed by atoms with Crippen LogP contribution in [-0.4, -0.2) is 58.2 Å². The van der Waals surface area contributed by atoms with Crippen LogP contribution in [0.4, 0.5) is 11.4 Å². The number of aromatic nitrogens is 4. The molecule has 1 aliphatic carbocycles. The number of carbonyl (C=O) groups is 1. The minimum atomic E-state index is -0.248. The highest BCUT2D eigenvalue weighted by Crippen LogP contribution is 2.42. The molecule has 1 amide bonds. The summed E-state index contributed by atoms with van der Waals surface area (Å²) in [6, 6.07) is 17.5. The van der Waals surface area contributed by atoms with E-state index >= 15 is 0 Å². The molecule has 9 heteroatoms. The molecule has 7 rings (SSSR count). The molecule has 0 spiro atoms. The highest BCUT2D eigenvalue weighted by atomic mass is 16.5. The van der Waals surface area contributed by atoms with E-state index < -0.39 is 0 Å². The Morgan fingerprint density at radius 2 is 1.93 bits per heavy atom. The van der Waals surface area contributed by atoms with Crippen LogP contribution in [0.1, 0.15) is 40.2 Å². The fraction of sp³-hybridized carbons (Fsp3) is 0.250. The Labute approximate surface area is 237 Å². The quantitative estimate of drug-likeness (QED) is 0.303. The Bertz CT molecular complexity index is 1770. The Morgan fingerprint density at radius 1 is 1.05 bits per heavy atom. The lowest BCUT2D eigenvalue weighted by Crippen LogP contribution is -2.33. The first-order valence-corrected chi connectivity index (χ1v) is 13.8. The fourth-order valence-electron chi connectivity index (χ4n) is 5.52. The first-order chi connectivity index (χ1) is 20.0. The molecule has 0 saturated heterocycles. The molecule has 206 valence electrons. The van der Waals surface area contributed by atoms with Gasteiger partial charge in [-0.2, -0.15) is 0 Å². The van der Waals surface area contributed by atoms with Gasteiger partial charge in [-0.15, -0.1) is 0 Å². The van der Waals surface area contributed by atoms with Gasteiger partial charge in [-0.05, 0) is 66.3 Å². The number of aliphatic hydroxyl groups excluding tert-OH is 1. The van der Waals surface area contributed by atoms with Gasteiger partial charge in [-0.3, -0.25) is 9.78 Å². The number of aromatic amines is 1. The van der Waals surface area contributed by atoms with E-state index in [4.69, 9.17) is 9.72 Å². The molecule has 2 aromatic carbocycles. The molecule has 41 heavy (non-hydrogen) atoms. The third-order valence-electron chi connectivity index (χ3n) is 7.89. The molecular weight excluding hydrogens is 516 g/mol. The molecule has 1 fully saturated rings. The summed E-state index contributed by atoms with van der Waals surface area (Å²) in [5, 5.41) is 10.6. The topological polar surface area (TPSA) is 107 Å². The van der Waals surface area contributed by atoms with Gasteiger partial charge in [0.2, 0.25) is 0 Å². The number of hydrogen-bond acceptors (Lipinski definition) is 7. The number of H-pyrrole nitrogens is 1. The third kappa shape index (κ3) is 4.48. The van der Waals surface area contributed by atoms with Crippen molar-refractivity contribution < 1.29 is 14.6 Å². The lowest BCUT2D eigenvalue weighted by molar-refractivity contribution is 0.0989. The van der Waals surface area contributed by atoms with Gasteiger partial charge < -0.3 is 24.6 Å². The van der Waals surface area contributed by atoms with E-state index in [1.807, 2.05) is 73.6 Å². The van der Waals surface area contributed by atoms with Gasteiger partial charge in [-0.1, -0.05) is 18.2 Å². The number of aliphatic hydroxyl groups is 1. The largest absolute Gasteiger partial charge is 0.491 e. The number of amides is 1.